The van der Waals surface area contributed by atoms with E-state index < -0.39 is 17.3 Å². The van der Waals surface area contributed by atoms with Gasteiger partial charge in [0.05, 0.1) is 39.0 Å². The first-order valence-electron chi connectivity index (χ1n) is 15.9. The molecule has 256 valence electrons. The van der Waals surface area contributed by atoms with E-state index in [0.29, 0.717) is 42.6 Å². The van der Waals surface area contributed by atoms with Gasteiger partial charge in [-0.25, -0.2) is 4.39 Å². The van der Waals surface area contributed by atoms with Gasteiger partial charge in [-0.3, -0.25) is 24.1 Å². The number of amides is 1. The zero-order valence-corrected chi connectivity index (χ0v) is 28.8. The second-order valence-corrected chi connectivity index (χ2v) is 12.4. The Morgan fingerprint density at radius 1 is 0.960 bits per heavy atom. The maximum atomic E-state index is 13.5. The second kappa shape index (κ2) is 16.0. The maximum absolute atomic E-state index is 13.5. The summed E-state index contributed by atoms with van der Waals surface area (Å²) in [4.78, 5) is 37.0. The Balaban J connectivity index is 1.18. The van der Waals surface area contributed by atoms with Crippen LogP contribution in [-0.4, -0.2) is 46.8 Å². The molecule has 0 aliphatic rings. The molecule has 0 radical (unpaired) electrons. The van der Waals surface area contributed by atoms with E-state index in [2.05, 4.69) is 20.6 Å². The summed E-state index contributed by atoms with van der Waals surface area (Å²) >= 11 is 8.14. The van der Waals surface area contributed by atoms with Crippen LogP contribution in [0.15, 0.2) is 96.2 Å². The zero-order valence-electron chi connectivity index (χ0n) is 27.2. The molecule has 0 bridgehead atoms. The number of aromatic nitrogens is 3. The highest BCUT2D eigenvalue weighted by Gasteiger charge is 2.21. The van der Waals surface area contributed by atoms with Gasteiger partial charge in [0.25, 0.3) is 11.5 Å². The second-order valence-electron chi connectivity index (χ2n) is 10.9. The van der Waals surface area contributed by atoms with Crippen molar-refractivity contribution in [3.8, 4) is 33.5 Å². The van der Waals surface area contributed by atoms with Crippen molar-refractivity contribution in [3.05, 3.63) is 124 Å². The monoisotopic (exact) mass is 713 g/mol. The molecular formula is C37H33ClFN5O5S. The average molecular weight is 714 g/mol. The summed E-state index contributed by atoms with van der Waals surface area (Å²) < 4.78 is 32.8. The van der Waals surface area contributed by atoms with Gasteiger partial charge < -0.3 is 24.8 Å². The minimum atomic E-state index is -0.693. The van der Waals surface area contributed by atoms with Gasteiger partial charge in [-0.15, -0.1) is 11.3 Å². The van der Waals surface area contributed by atoms with Crippen LogP contribution in [-0.2, 0) is 11.3 Å². The van der Waals surface area contributed by atoms with Gasteiger partial charge in [-0.2, -0.15) is 0 Å². The lowest BCUT2D eigenvalue weighted by molar-refractivity contribution is 0.102. The number of carbonyl (C=O) groups is 1. The molecule has 4 aromatic heterocycles. The van der Waals surface area contributed by atoms with Gasteiger partial charge in [0.2, 0.25) is 0 Å². The third-order valence-corrected chi connectivity index (χ3v) is 8.96. The highest BCUT2D eigenvalue weighted by atomic mass is 35.5. The molecule has 2 N–H and O–H groups in total. The molecule has 0 atom stereocenters. The molecule has 10 nitrogen and oxygen atoms in total. The molecule has 2 aromatic carbocycles. The number of nitrogens with one attached hydrogen (secondary N) is 2. The number of ether oxygens (including phenoxy) is 3. The molecule has 6 aromatic rings. The number of anilines is 1. The lowest BCUT2D eigenvalue weighted by Crippen LogP contribution is -2.29. The van der Waals surface area contributed by atoms with E-state index in [9.17, 15) is 14.0 Å². The Morgan fingerprint density at radius 2 is 1.80 bits per heavy atom. The Morgan fingerprint density at radius 3 is 2.54 bits per heavy atom. The fourth-order valence-corrected chi connectivity index (χ4v) is 6.36. The highest BCUT2D eigenvalue weighted by molar-refractivity contribution is 7.22. The van der Waals surface area contributed by atoms with Crippen LogP contribution in [0.25, 0.3) is 26.5 Å². The molecule has 13 heteroatoms. The number of rotatable bonds is 14. The number of nitrogens with zero attached hydrogens (tertiary/aromatic N) is 3. The Bertz CT molecular complexity index is 2170. The number of hydrogen-bond acceptors (Lipinski definition) is 9. The van der Waals surface area contributed by atoms with Gasteiger partial charge in [0, 0.05) is 55.7 Å². The van der Waals surface area contributed by atoms with Gasteiger partial charge >= 0.3 is 0 Å². The van der Waals surface area contributed by atoms with Crippen LogP contribution in [0.2, 0.25) is 5.02 Å². The summed E-state index contributed by atoms with van der Waals surface area (Å²) in [6.45, 7) is 6.80. The SMILES string of the molecule is CCOCCNCc1ccc(-c2cc3nccc(Oc4ccc(NC(=O)c5c(OCC)ccn(-c6ccc(F)cc6)c5=O)cc4Cl)c3s2)nc1. The van der Waals surface area contributed by atoms with Crippen LogP contribution < -0.4 is 25.7 Å². The molecule has 0 spiro atoms. The third kappa shape index (κ3) is 8.01. The Kier molecular flexibility index (Phi) is 11.1. The molecule has 0 saturated heterocycles. The summed E-state index contributed by atoms with van der Waals surface area (Å²) in [7, 11) is 0. The van der Waals surface area contributed by atoms with E-state index >= 15 is 0 Å². The number of fused-ring (bicyclic) bond motifs is 1. The minimum absolute atomic E-state index is 0.118. The minimum Gasteiger partial charge on any atom is -0.493 e. The van der Waals surface area contributed by atoms with Crippen molar-refractivity contribution in [1.82, 2.24) is 19.9 Å². The van der Waals surface area contributed by atoms with Crippen LogP contribution in [0.5, 0.6) is 17.2 Å². The van der Waals surface area contributed by atoms with Crippen LogP contribution in [0.1, 0.15) is 29.8 Å². The van der Waals surface area contributed by atoms with E-state index in [1.165, 1.54) is 58.5 Å². The van der Waals surface area contributed by atoms with E-state index in [4.69, 9.17) is 25.8 Å². The first kappa shape index (κ1) is 34.7. The number of carbonyl (C=O) groups excluding carboxylic acids is 1. The van der Waals surface area contributed by atoms with Crippen molar-refractivity contribution in [3.63, 3.8) is 0 Å². The van der Waals surface area contributed by atoms with E-state index in [1.807, 2.05) is 31.3 Å². The van der Waals surface area contributed by atoms with Crippen molar-refractivity contribution >= 4 is 44.7 Å². The molecule has 0 aliphatic heterocycles. The largest absolute Gasteiger partial charge is 0.493 e. The molecule has 4 heterocycles. The first-order chi connectivity index (χ1) is 24.3. The normalized spacial score (nSPS) is 11.1. The zero-order chi connectivity index (χ0) is 35.0. The van der Waals surface area contributed by atoms with E-state index in [0.717, 1.165) is 32.9 Å². The summed E-state index contributed by atoms with van der Waals surface area (Å²) in [5.74, 6) is -0.0963. The number of benzene rings is 2. The lowest BCUT2D eigenvalue weighted by atomic mass is 10.2. The van der Waals surface area contributed by atoms with Crippen molar-refractivity contribution in [1.29, 1.82) is 0 Å². The molecule has 0 saturated carbocycles. The topological polar surface area (TPSA) is 117 Å². The first-order valence-corrected chi connectivity index (χ1v) is 17.1. The fraction of sp³-hybridized carbons (Fsp3) is 0.189. The van der Waals surface area contributed by atoms with Gasteiger partial charge in [0.1, 0.15) is 28.6 Å². The standard InChI is InChI=1S/C37H33ClFN5O5S/c1-3-47-18-16-40-21-23-5-11-28(42-22-23)33-20-29-35(50-33)32(13-15-41-29)49-30-12-8-25(19-27(30)38)43-36(45)34-31(48-4-2)14-17-44(37(34)46)26-9-6-24(39)7-10-26/h5-15,17,19-20,22,40H,3-4,16,18,21H2,1-2H3,(H,43,45). The quantitative estimate of drug-likeness (QED) is 0.110. The average Bonchev–Trinajstić information content (AvgIpc) is 3.56. The van der Waals surface area contributed by atoms with Crippen LogP contribution in [0.3, 0.4) is 0 Å². The number of halogens is 2. The van der Waals surface area contributed by atoms with Crippen molar-refractivity contribution in [2.24, 2.45) is 0 Å². The fourth-order valence-electron chi connectivity index (χ4n) is 5.10. The Hall–Kier alpha value is -5.14. The number of hydrogen-bond donors (Lipinski definition) is 2. The van der Waals surface area contributed by atoms with Crippen LogP contribution >= 0.6 is 22.9 Å². The summed E-state index contributed by atoms with van der Waals surface area (Å²) in [6.07, 6.45) is 5.00. The van der Waals surface area contributed by atoms with Gasteiger partial charge in [0.15, 0.2) is 0 Å². The van der Waals surface area contributed by atoms with Gasteiger partial charge in [-0.1, -0.05) is 17.7 Å². The summed E-state index contributed by atoms with van der Waals surface area (Å²) in [6, 6.07) is 19.4. The van der Waals surface area contributed by atoms with Crippen LogP contribution in [0.4, 0.5) is 10.1 Å². The molecular weight excluding hydrogens is 681 g/mol. The molecule has 6 rings (SSSR count). The summed E-state index contributed by atoms with van der Waals surface area (Å²) in [5, 5.41) is 6.31. The lowest BCUT2D eigenvalue weighted by Gasteiger charge is -2.14. The van der Waals surface area contributed by atoms with Crippen molar-refractivity contribution < 1.29 is 23.4 Å². The molecule has 0 fully saturated rings. The predicted octanol–water partition coefficient (Wildman–Crippen LogP) is 7.87. The maximum Gasteiger partial charge on any atom is 0.271 e. The van der Waals surface area contributed by atoms with E-state index in [-0.39, 0.29) is 22.9 Å². The van der Waals surface area contributed by atoms with Crippen molar-refractivity contribution in [2.75, 3.05) is 31.7 Å². The van der Waals surface area contributed by atoms with E-state index in [1.54, 1.807) is 31.3 Å². The molecule has 0 aliphatic carbocycles. The van der Waals surface area contributed by atoms with Gasteiger partial charge in [-0.05, 0) is 80.1 Å². The van der Waals surface area contributed by atoms with Crippen LogP contribution in [0, 0.1) is 5.82 Å². The molecule has 50 heavy (non-hydrogen) atoms. The predicted molar refractivity (Wildman–Crippen MR) is 194 cm³/mol. The molecule has 0 unspecified atom stereocenters. The summed E-state index contributed by atoms with van der Waals surface area (Å²) in [5.41, 5.74) is 2.55. The number of pyridine rings is 3. The van der Waals surface area contributed by atoms with Crippen molar-refractivity contribution in [2.45, 2.75) is 20.4 Å². The Labute approximate surface area is 296 Å². The third-order valence-electron chi connectivity index (χ3n) is 7.50. The number of thiophene rings is 1. The smallest absolute Gasteiger partial charge is 0.271 e. The molecule has 1 amide bonds. The highest BCUT2D eigenvalue weighted by Crippen LogP contribution is 2.40.